The number of hydrogen-bond donors (Lipinski definition) is 2. The van der Waals surface area contributed by atoms with E-state index in [2.05, 4.69) is 38.7 Å². The monoisotopic (exact) mass is 461 g/mol. The van der Waals surface area contributed by atoms with Gasteiger partial charge in [0.15, 0.2) is 0 Å². The van der Waals surface area contributed by atoms with E-state index in [0.29, 0.717) is 16.7 Å². The third kappa shape index (κ3) is 5.34. The first-order chi connectivity index (χ1) is 16.1. The predicted molar refractivity (Wildman–Crippen MR) is 133 cm³/mol. The second kappa shape index (κ2) is 9.89. The average molecular weight is 462 g/mol. The zero-order valence-electron chi connectivity index (χ0n) is 18.6. The van der Waals surface area contributed by atoms with Gasteiger partial charge in [0.2, 0.25) is 11.9 Å². The van der Waals surface area contributed by atoms with Crippen LogP contribution in [-0.4, -0.2) is 40.4 Å². The molecule has 3 heterocycles. The second-order valence-corrected chi connectivity index (χ2v) is 9.25. The van der Waals surface area contributed by atoms with Crippen LogP contribution in [0.3, 0.4) is 0 Å². The van der Waals surface area contributed by atoms with Crippen molar-refractivity contribution in [2.24, 2.45) is 0 Å². The summed E-state index contributed by atoms with van der Waals surface area (Å²) < 4.78 is 0. The molecule has 1 saturated heterocycles. The van der Waals surface area contributed by atoms with Crippen LogP contribution in [0.1, 0.15) is 36.8 Å². The molecule has 7 heteroatoms. The van der Waals surface area contributed by atoms with E-state index in [-0.39, 0.29) is 12.3 Å². The highest BCUT2D eigenvalue weighted by atomic mass is 35.5. The van der Waals surface area contributed by atoms with Crippen molar-refractivity contribution in [1.29, 1.82) is 0 Å². The van der Waals surface area contributed by atoms with Crippen molar-refractivity contribution in [2.75, 3.05) is 30.3 Å². The minimum absolute atomic E-state index is 0.0983. The molecule has 6 nitrogen and oxygen atoms in total. The summed E-state index contributed by atoms with van der Waals surface area (Å²) in [5, 5.41) is 6.83. The zero-order chi connectivity index (χ0) is 22.6. The Balaban J connectivity index is 1.31. The fourth-order valence-electron chi connectivity index (χ4n) is 4.65. The Bertz CT molecular complexity index is 1160. The van der Waals surface area contributed by atoms with Gasteiger partial charge in [0, 0.05) is 28.0 Å². The molecule has 0 aliphatic carbocycles. The van der Waals surface area contributed by atoms with Crippen molar-refractivity contribution >= 4 is 34.8 Å². The molecular weight excluding hydrogens is 434 g/mol. The first kappa shape index (κ1) is 21.9. The lowest BCUT2D eigenvalue weighted by Crippen LogP contribution is -2.30. The Morgan fingerprint density at radius 3 is 2.85 bits per heavy atom. The molecule has 5 rings (SSSR count). The number of benzene rings is 2. The Morgan fingerprint density at radius 1 is 1.09 bits per heavy atom. The summed E-state index contributed by atoms with van der Waals surface area (Å²) in [5.74, 6) is 0.410. The van der Waals surface area contributed by atoms with E-state index in [1.807, 2.05) is 18.2 Å². The van der Waals surface area contributed by atoms with Gasteiger partial charge in [0.05, 0.1) is 17.8 Å². The number of carbonyl (C=O) groups excluding carboxylic acids is 1. The number of rotatable bonds is 6. The van der Waals surface area contributed by atoms with Gasteiger partial charge in [-0.25, -0.2) is 9.97 Å². The molecule has 1 amide bonds. The number of likely N-dealkylation sites (tertiary alicyclic amines) is 1. The number of nitrogens with zero attached hydrogens (tertiary/aromatic N) is 3. The van der Waals surface area contributed by atoms with E-state index in [1.54, 1.807) is 12.3 Å². The molecule has 170 valence electrons. The summed E-state index contributed by atoms with van der Waals surface area (Å²) in [6.45, 7) is 3.66. The minimum atomic E-state index is -0.0983. The number of halogens is 1. The predicted octanol–water partition coefficient (Wildman–Crippen LogP) is 5.45. The standard InChI is InChI=1S/C26H28ClN5O/c27-20-9-10-22-23(16-20)30-24(33)15-19-17-28-26(31-25(19)22)29-21-8-4-6-18(14-21)7-5-13-32-11-2-1-3-12-32/h4,6,8-10,14,16-17H,1-3,5,7,11-13,15H2,(H,30,33)(H,28,29,31). The summed E-state index contributed by atoms with van der Waals surface area (Å²) in [4.78, 5) is 24.1. The van der Waals surface area contributed by atoms with E-state index >= 15 is 0 Å². The van der Waals surface area contributed by atoms with Crippen molar-refractivity contribution in [3.05, 3.63) is 64.8 Å². The maximum Gasteiger partial charge on any atom is 0.228 e. The quantitative estimate of drug-likeness (QED) is 0.510. The molecule has 0 bridgehead atoms. The number of carbonyl (C=O) groups is 1. The van der Waals surface area contributed by atoms with Gasteiger partial charge in [0.25, 0.3) is 0 Å². The van der Waals surface area contributed by atoms with Gasteiger partial charge < -0.3 is 15.5 Å². The largest absolute Gasteiger partial charge is 0.325 e. The number of amides is 1. The lowest BCUT2D eigenvalue weighted by Gasteiger charge is -2.26. The number of aryl methyl sites for hydroxylation is 1. The van der Waals surface area contributed by atoms with E-state index < -0.39 is 0 Å². The zero-order valence-corrected chi connectivity index (χ0v) is 19.4. The maximum atomic E-state index is 12.3. The molecule has 2 aromatic carbocycles. The van der Waals surface area contributed by atoms with Gasteiger partial charge in [-0.2, -0.15) is 0 Å². The number of anilines is 3. The second-order valence-electron chi connectivity index (χ2n) is 8.81. The Hall–Kier alpha value is -2.96. The number of hydrogen-bond acceptors (Lipinski definition) is 5. The number of fused-ring (bicyclic) bond motifs is 3. The third-order valence-corrected chi connectivity index (χ3v) is 6.53. The van der Waals surface area contributed by atoms with Crippen LogP contribution >= 0.6 is 11.6 Å². The van der Waals surface area contributed by atoms with Crippen LogP contribution in [0.5, 0.6) is 0 Å². The third-order valence-electron chi connectivity index (χ3n) is 6.30. The van der Waals surface area contributed by atoms with Crippen molar-refractivity contribution in [2.45, 2.75) is 38.5 Å². The van der Waals surface area contributed by atoms with Gasteiger partial charge in [0.1, 0.15) is 0 Å². The Kier molecular flexibility index (Phi) is 6.55. The average Bonchev–Trinajstić information content (AvgIpc) is 2.94. The van der Waals surface area contributed by atoms with Gasteiger partial charge in [-0.15, -0.1) is 0 Å². The number of piperidine rings is 1. The van der Waals surface area contributed by atoms with Crippen LogP contribution < -0.4 is 10.6 Å². The molecule has 2 aliphatic rings. The summed E-state index contributed by atoms with van der Waals surface area (Å²) in [6, 6.07) is 13.9. The number of nitrogens with one attached hydrogen (secondary N) is 2. The van der Waals surface area contributed by atoms with Gasteiger partial charge >= 0.3 is 0 Å². The summed E-state index contributed by atoms with van der Waals surface area (Å²) in [5.41, 5.74) is 5.33. The topological polar surface area (TPSA) is 70.2 Å². The van der Waals surface area contributed by atoms with Gasteiger partial charge in [-0.3, -0.25) is 4.79 Å². The van der Waals surface area contributed by atoms with E-state index in [0.717, 1.165) is 28.9 Å². The molecule has 33 heavy (non-hydrogen) atoms. The van der Waals surface area contributed by atoms with Crippen LogP contribution in [0.25, 0.3) is 11.3 Å². The maximum absolute atomic E-state index is 12.3. The molecule has 0 atom stereocenters. The molecular formula is C26H28ClN5O. The van der Waals surface area contributed by atoms with Gasteiger partial charge in [-0.1, -0.05) is 30.2 Å². The molecule has 2 N–H and O–H groups in total. The molecule has 0 radical (unpaired) electrons. The van der Waals surface area contributed by atoms with Crippen molar-refractivity contribution < 1.29 is 4.79 Å². The molecule has 0 unspecified atom stereocenters. The SMILES string of the molecule is O=C1Cc2cnc(Nc3cccc(CCCN4CCCCC4)c3)nc2-c2ccc(Cl)cc2N1. The lowest BCUT2D eigenvalue weighted by atomic mass is 10.1. The summed E-state index contributed by atoms with van der Waals surface area (Å²) >= 11 is 6.14. The fraction of sp³-hybridized carbons (Fsp3) is 0.346. The molecule has 0 saturated carbocycles. The van der Waals surface area contributed by atoms with Crippen LogP contribution in [-0.2, 0) is 17.6 Å². The Morgan fingerprint density at radius 2 is 1.97 bits per heavy atom. The normalized spacial score (nSPS) is 15.8. The lowest BCUT2D eigenvalue weighted by molar-refractivity contribution is -0.115. The van der Waals surface area contributed by atoms with Crippen molar-refractivity contribution in [1.82, 2.24) is 14.9 Å². The molecule has 1 aromatic heterocycles. The van der Waals surface area contributed by atoms with Crippen LogP contribution in [0, 0.1) is 0 Å². The summed E-state index contributed by atoms with van der Waals surface area (Å²) in [6.07, 6.45) is 8.23. The highest BCUT2D eigenvalue weighted by molar-refractivity contribution is 6.31. The smallest absolute Gasteiger partial charge is 0.228 e. The minimum Gasteiger partial charge on any atom is -0.325 e. The molecule has 1 fully saturated rings. The first-order valence-corrected chi connectivity index (χ1v) is 12.1. The van der Waals surface area contributed by atoms with Gasteiger partial charge in [-0.05, 0) is 81.2 Å². The van der Waals surface area contributed by atoms with Crippen LogP contribution in [0.15, 0.2) is 48.7 Å². The highest BCUT2D eigenvalue weighted by Crippen LogP contribution is 2.34. The van der Waals surface area contributed by atoms with E-state index in [9.17, 15) is 4.79 Å². The van der Waals surface area contributed by atoms with Crippen LogP contribution in [0.4, 0.5) is 17.3 Å². The highest BCUT2D eigenvalue weighted by Gasteiger charge is 2.21. The Labute approximate surface area is 199 Å². The molecule has 0 spiro atoms. The van der Waals surface area contributed by atoms with E-state index in [1.165, 1.54) is 50.9 Å². The summed E-state index contributed by atoms with van der Waals surface area (Å²) in [7, 11) is 0. The van der Waals surface area contributed by atoms with E-state index in [4.69, 9.17) is 16.6 Å². The number of aromatic nitrogens is 2. The molecule has 2 aliphatic heterocycles. The molecule has 3 aromatic rings. The first-order valence-electron chi connectivity index (χ1n) is 11.7. The fourth-order valence-corrected chi connectivity index (χ4v) is 4.82. The van der Waals surface area contributed by atoms with Crippen LogP contribution in [0.2, 0.25) is 5.02 Å². The van der Waals surface area contributed by atoms with Crippen molar-refractivity contribution in [3.63, 3.8) is 0 Å². The van der Waals surface area contributed by atoms with Crippen molar-refractivity contribution in [3.8, 4) is 11.3 Å².